The minimum absolute atomic E-state index is 0.262. The summed E-state index contributed by atoms with van der Waals surface area (Å²) in [5.74, 6) is 0.163. The largest absolute Gasteiger partial charge is 0.493 e. The smallest absolute Gasteiger partial charge is 0.254 e. The lowest BCUT2D eigenvalue weighted by Gasteiger charge is -1.97. The predicted molar refractivity (Wildman–Crippen MR) is 56.2 cm³/mol. The van der Waals surface area contributed by atoms with E-state index in [1.165, 1.54) is 11.3 Å². The maximum Gasteiger partial charge on any atom is 0.254 e. The van der Waals surface area contributed by atoms with Gasteiger partial charge in [-0.1, -0.05) is 0 Å². The van der Waals surface area contributed by atoms with Crippen LogP contribution in [0.25, 0.3) is 0 Å². The van der Waals surface area contributed by atoms with Gasteiger partial charge in [0.05, 0.1) is 12.5 Å². The Morgan fingerprint density at radius 2 is 2.33 bits per heavy atom. The van der Waals surface area contributed by atoms with Gasteiger partial charge in [0.15, 0.2) is 0 Å². The van der Waals surface area contributed by atoms with Crippen LogP contribution in [0.1, 0.15) is 16.5 Å². The maximum atomic E-state index is 11.0. The van der Waals surface area contributed by atoms with E-state index in [9.17, 15) is 4.79 Å². The van der Waals surface area contributed by atoms with Crippen LogP contribution in [0.3, 0.4) is 0 Å². The molecule has 0 fully saturated rings. The zero-order valence-electron chi connectivity index (χ0n) is 8.02. The summed E-state index contributed by atoms with van der Waals surface area (Å²) in [6.07, 6.45) is 0.433. The summed E-state index contributed by atoms with van der Waals surface area (Å²) in [6, 6.07) is 1.04. The summed E-state index contributed by atoms with van der Waals surface area (Å²) in [6.45, 7) is 1.90. The van der Waals surface area contributed by atoms with Gasteiger partial charge in [0.1, 0.15) is 10.8 Å². The molecule has 0 unspecified atom stereocenters. The fraction of sp³-hybridized carbons (Fsp3) is 0.222. The van der Waals surface area contributed by atoms with Gasteiger partial charge in [0.2, 0.25) is 5.88 Å². The first-order valence-corrected chi connectivity index (χ1v) is 5.21. The van der Waals surface area contributed by atoms with Crippen LogP contribution in [-0.2, 0) is 6.42 Å². The third kappa shape index (κ3) is 2.41. The van der Waals surface area contributed by atoms with Crippen LogP contribution >= 0.6 is 11.3 Å². The van der Waals surface area contributed by atoms with E-state index >= 15 is 0 Å². The van der Waals surface area contributed by atoms with E-state index in [4.69, 9.17) is 5.11 Å². The van der Waals surface area contributed by atoms with Gasteiger partial charge in [-0.3, -0.25) is 4.79 Å². The van der Waals surface area contributed by atoms with Crippen LogP contribution in [0.2, 0.25) is 0 Å². The first-order valence-electron chi connectivity index (χ1n) is 4.34. The molecule has 5 nitrogen and oxygen atoms in total. The molecule has 0 bridgehead atoms. The summed E-state index contributed by atoms with van der Waals surface area (Å²) in [4.78, 5) is 21.6. The summed E-state index contributed by atoms with van der Waals surface area (Å²) in [5.41, 5.74) is 0.586. The molecule has 2 N–H and O–H groups in total. The highest BCUT2D eigenvalue weighted by atomic mass is 32.1. The predicted octanol–water partition coefficient (Wildman–Crippen LogP) is 0.831. The molecule has 15 heavy (non-hydrogen) atoms. The van der Waals surface area contributed by atoms with Gasteiger partial charge in [0, 0.05) is 11.1 Å². The van der Waals surface area contributed by atoms with Crippen LogP contribution in [0.4, 0.5) is 0 Å². The SMILES string of the molecule is Cc1csc(Cc2nc(O)cc(=O)[nH]2)n1. The normalized spacial score (nSPS) is 10.5. The standard InChI is InChI=1S/C9H9N3O2S/c1-5-4-15-9(10-5)2-6-11-7(13)3-8(14)12-6/h3-4H,2H2,1H3,(H2,11,12,13,14). The Balaban J connectivity index is 2.28. The molecule has 0 spiro atoms. The Labute approximate surface area is 89.5 Å². The fourth-order valence-corrected chi connectivity index (χ4v) is 1.98. The van der Waals surface area contributed by atoms with E-state index in [-0.39, 0.29) is 11.4 Å². The fourth-order valence-electron chi connectivity index (χ4n) is 1.20. The van der Waals surface area contributed by atoms with Crippen LogP contribution in [0.15, 0.2) is 16.2 Å². The number of hydrogen-bond donors (Lipinski definition) is 2. The van der Waals surface area contributed by atoms with Crippen molar-refractivity contribution < 1.29 is 5.11 Å². The molecule has 6 heteroatoms. The van der Waals surface area contributed by atoms with Crippen molar-refractivity contribution in [3.63, 3.8) is 0 Å². The van der Waals surface area contributed by atoms with Crippen molar-refractivity contribution in [2.45, 2.75) is 13.3 Å². The van der Waals surface area contributed by atoms with E-state index < -0.39 is 0 Å². The highest BCUT2D eigenvalue weighted by Gasteiger charge is 2.04. The van der Waals surface area contributed by atoms with Crippen LogP contribution in [-0.4, -0.2) is 20.1 Å². The van der Waals surface area contributed by atoms with Crippen molar-refractivity contribution in [3.05, 3.63) is 38.3 Å². The Morgan fingerprint density at radius 1 is 1.53 bits per heavy atom. The Kier molecular flexibility index (Phi) is 2.51. The summed E-state index contributed by atoms with van der Waals surface area (Å²) >= 11 is 1.50. The average Bonchev–Trinajstić information content (AvgIpc) is 2.49. The molecule has 78 valence electrons. The molecule has 0 radical (unpaired) electrons. The molecular weight excluding hydrogens is 214 g/mol. The number of aromatic hydroxyl groups is 1. The van der Waals surface area contributed by atoms with Crippen molar-refractivity contribution in [3.8, 4) is 5.88 Å². The second-order valence-electron chi connectivity index (χ2n) is 3.11. The summed E-state index contributed by atoms with van der Waals surface area (Å²) in [7, 11) is 0. The Hall–Kier alpha value is -1.69. The van der Waals surface area contributed by atoms with Gasteiger partial charge in [-0.25, -0.2) is 4.98 Å². The van der Waals surface area contributed by atoms with E-state index in [2.05, 4.69) is 15.0 Å². The lowest BCUT2D eigenvalue weighted by molar-refractivity contribution is 0.448. The molecule has 0 aliphatic carbocycles. The zero-order chi connectivity index (χ0) is 10.8. The second kappa shape index (κ2) is 3.82. The number of aryl methyl sites for hydroxylation is 1. The van der Waals surface area contributed by atoms with Gasteiger partial charge in [-0.05, 0) is 6.92 Å². The van der Waals surface area contributed by atoms with Crippen molar-refractivity contribution in [2.75, 3.05) is 0 Å². The number of nitrogens with one attached hydrogen (secondary N) is 1. The lowest BCUT2D eigenvalue weighted by Crippen LogP contribution is -2.09. The number of hydrogen-bond acceptors (Lipinski definition) is 5. The zero-order valence-corrected chi connectivity index (χ0v) is 8.84. The molecule has 0 saturated carbocycles. The quantitative estimate of drug-likeness (QED) is 0.790. The van der Waals surface area contributed by atoms with E-state index in [1.807, 2.05) is 12.3 Å². The third-order valence-electron chi connectivity index (χ3n) is 1.76. The highest BCUT2D eigenvalue weighted by molar-refractivity contribution is 7.09. The van der Waals surface area contributed by atoms with Gasteiger partial charge in [-0.2, -0.15) is 4.98 Å². The van der Waals surface area contributed by atoms with E-state index in [0.717, 1.165) is 16.8 Å². The number of thiazole rings is 1. The number of aromatic amines is 1. The van der Waals surface area contributed by atoms with Gasteiger partial charge in [0.25, 0.3) is 5.56 Å². The summed E-state index contributed by atoms with van der Waals surface area (Å²) in [5, 5.41) is 11.9. The number of nitrogens with zero attached hydrogens (tertiary/aromatic N) is 2. The van der Waals surface area contributed by atoms with E-state index in [0.29, 0.717) is 12.2 Å². The maximum absolute atomic E-state index is 11.0. The minimum atomic E-state index is -0.356. The molecule has 0 aliphatic rings. The van der Waals surface area contributed by atoms with Gasteiger partial charge in [-0.15, -0.1) is 11.3 Å². The molecule has 2 heterocycles. The number of H-pyrrole nitrogens is 1. The molecule has 0 atom stereocenters. The van der Waals surface area contributed by atoms with Crippen LogP contribution < -0.4 is 5.56 Å². The Bertz CT molecular complexity index is 532. The first-order chi connectivity index (χ1) is 7.13. The van der Waals surface area contributed by atoms with Crippen LogP contribution in [0.5, 0.6) is 5.88 Å². The van der Waals surface area contributed by atoms with Crippen molar-refractivity contribution in [2.24, 2.45) is 0 Å². The highest BCUT2D eigenvalue weighted by Crippen LogP contribution is 2.12. The monoisotopic (exact) mass is 223 g/mol. The average molecular weight is 223 g/mol. The first kappa shape index (κ1) is 9.85. The third-order valence-corrected chi connectivity index (χ3v) is 2.73. The van der Waals surface area contributed by atoms with Crippen LogP contribution in [0, 0.1) is 6.92 Å². The molecule has 2 aromatic heterocycles. The minimum Gasteiger partial charge on any atom is -0.493 e. The number of rotatable bonds is 2. The second-order valence-corrected chi connectivity index (χ2v) is 4.05. The summed E-state index contributed by atoms with van der Waals surface area (Å²) < 4.78 is 0. The molecule has 0 aliphatic heterocycles. The topological polar surface area (TPSA) is 78.9 Å². The van der Waals surface area contributed by atoms with Crippen molar-refractivity contribution >= 4 is 11.3 Å². The Morgan fingerprint density at radius 3 is 2.93 bits per heavy atom. The van der Waals surface area contributed by atoms with E-state index in [1.54, 1.807) is 0 Å². The van der Waals surface area contributed by atoms with Gasteiger partial charge < -0.3 is 10.1 Å². The van der Waals surface area contributed by atoms with Crippen molar-refractivity contribution in [1.82, 2.24) is 15.0 Å². The molecule has 2 rings (SSSR count). The number of aromatic nitrogens is 3. The molecule has 0 aromatic carbocycles. The lowest BCUT2D eigenvalue weighted by atomic mass is 10.4. The van der Waals surface area contributed by atoms with Gasteiger partial charge >= 0.3 is 0 Å². The van der Waals surface area contributed by atoms with Crippen molar-refractivity contribution in [1.29, 1.82) is 0 Å². The molecule has 2 aromatic rings. The molecule has 0 saturated heterocycles. The molecular formula is C9H9N3O2S. The molecule has 0 amide bonds.